The Balaban J connectivity index is 1.76. The van der Waals surface area contributed by atoms with E-state index in [1.165, 1.54) is 0 Å². The molecule has 0 spiro atoms. The van der Waals surface area contributed by atoms with Crippen LogP contribution in [0.3, 0.4) is 0 Å². The number of nitrogens with one attached hydrogen (secondary N) is 3. The fourth-order valence-electron chi connectivity index (χ4n) is 2.87. The van der Waals surface area contributed by atoms with Gasteiger partial charge in [-0.3, -0.25) is 10.2 Å². The standard InChI is InChI=1S/C18H12Cl2N4O2S/c19-12-4-8(5-13(20)16(12)25)3-11-10-6-9(1-2-14(10)22-17(11)26)15-7-21-18(27)24-23-15/h1-6,25H,7H2,(H,22,26)(H2,21,24,27). The quantitative estimate of drug-likeness (QED) is 0.443. The zero-order valence-electron chi connectivity index (χ0n) is 13.6. The van der Waals surface area contributed by atoms with E-state index in [-0.39, 0.29) is 21.7 Å². The molecule has 2 aromatic rings. The maximum atomic E-state index is 12.4. The zero-order chi connectivity index (χ0) is 19.1. The van der Waals surface area contributed by atoms with E-state index in [2.05, 4.69) is 21.2 Å². The maximum Gasteiger partial charge on any atom is 0.256 e. The van der Waals surface area contributed by atoms with Gasteiger partial charge in [-0.25, -0.2) is 0 Å². The van der Waals surface area contributed by atoms with Gasteiger partial charge in [-0.1, -0.05) is 29.3 Å². The third-order valence-electron chi connectivity index (χ3n) is 4.19. The minimum Gasteiger partial charge on any atom is -0.505 e. The number of aromatic hydroxyl groups is 1. The summed E-state index contributed by atoms with van der Waals surface area (Å²) in [4.78, 5) is 12.4. The molecule has 2 aromatic carbocycles. The molecule has 4 N–H and O–H groups in total. The number of carbonyl (C=O) groups is 1. The Morgan fingerprint density at radius 1 is 1.19 bits per heavy atom. The van der Waals surface area contributed by atoms with Crippen LogP contribution in [-0.4, -0.2) is 28.4 Å². The van der Waals surface area contributed by atoms with Crippen molar-refractivity contribution >= 4 is 69.5 Å². The van der Waals surface area contributed by atoms with Crippen LogP contribution in [0, 0.1) is 0 Å². The minimum absolute atomic E-state index is 0.117. The molecule has 1 amide bonds. The number of nitrogens with zero attached hydrogens (tertiary/aromatic N) is 1. The van der Waals surface area contributed by atoms with E-state index in [0.29, 0.717) is 28.5 Å². The van der Waals surface area contributed by atoms with Gasteiger partial charge in [0.05, 0.1) is 22.3 Å². The van der Waals surface area contributed by atoms with E-state index < -0.39 is 0 Å². The van der Waals surface area contributed by atoms with Crippen molar-refractivity contribution in [1.82, 2.24) is 10.7 Å². The summed E-state index contributed by atoms with van der Waals surface area (Å²) in [7, 11) is 0. The lowest BCUT2D eigenvalue weighted by Crippen LogP contribution is -2.41. The number of anilines is 1. The molecule has 0 saturated heterocycles. The highest BCUT2D eigenvalue weighted by Crippen LogP contribution is 2.37. The number of amides is 1. The van der Waals surface area contributed by atoms with Crippen molar-refractivity contribution < 1.29 is 9.90 Å². The average molecular weight is 419 g/mol. The van der Waals surface area contributed by atoms with Gasteiger partial charge in [-0.05, 0) is 48.1 Å². The normalized spacial score (nSPS) is 17.1. The topological polar surface area (TPSA) is 85.8 Å². The summed E-state index contributed by atoms with van der Waals surface area (Å²) in [5.74, 6) is -0.419. The molecule has 9 heteroatoms. The first-order valence-corrected chi connectivity index (χ1v) is 9.05. The van der Waals surface area contributed by atoms with Crippen LogP contribution in [0.4, 0.5) is 5.69 Å². The third kappa shape index (κ3) is 3.37. The van der Waals surface area contributed by atoms with Crippen LogP contribution in [0.2, 0.25) is 10.0 Å². The van der Waals surface area contributed by atoms with Gasteiger partial charge >= 0.3 is 0 Å². The molecule has 2 heterocycles. The second-order valence-corrected chi connectivity index (χ2v) is 7.18. The van der Waals surface area contributed by atoms with Crippen LogP contribution in [0.15, 0.2) is 35.4 Å². The second kappa shape index (κ2) is 6.84. The lowest BCUT2D eigenvalue weighted by atomic mass is 9.99. The Hall–Kier alpha value is -2.61. The van der Waals surface area contributed by atoms with Crippen LogP contribution in [-0.2, 0) is 4.79 Å². The van der Waals surface area contributed by atoms with Crippen molar-refractivity contribution in [3.8, 4) is 5.75 Å². The van der Waals surface area contributed by atoms with Gasteiger partial charge in [0.25, 0.3) is 5.91 Å². The number of thiocarbonyl (C=S) groups is 1. The molecule has 0 atom stereocenters. The highest BCUT2D eigenvalue weighted by molar-refractivity contribution is 7.80. The Morgan fingerprint density at radius 3 is 2.59 bits per heavy atom. The number of rotatable bonds is 2. The second-order valence-electron chi connectivity index (χ2n) is 5.96. The summed E-state index contributed by atoms with van der Waals surface area (Å²) >= 11 is 16.9. The van der Waals surface area contributed by atoms with Gasteiger partial charge in [0.2, 0.25) is 0 Å². The number of fused-ring (bicyclic) bond motifs is 1. The molecular formula is C18H12Cl2N4O2S. The van der Waals surface area contributed by atoms with Crippen LogP contribution >= 0.6 is 35.4 Å². The van der Waals surface area contributed by atoms with Crippen LogP contribution in [0.5, 0.6) is 5.75 Å². The number of hydrazone groups is 1. The summed E-state index contributed by atoms with van der Waals surface area (Å²) in [5, 5.41) is 20.5. The van der Waals surface area contributed by atoms with E-state index in [0.717, 1.165) is 16.8 Å². The first-order chi connectivity index (χ1) is 12.9. The zero-order valence-corrected chi connectivity index (χ0v) is 16.0. The Bertz CT molecular complexity index is 1040. The van der Waals surface area contributed by atoms with E-state index in [1.807, 2.05) is 18.2 Å². The van der Waals surface area contributed by atoms with Crippen LogP contribution in [0.1, 0.15) is 16.7 Å². The lowest BCUT2D eigenvalue weighted by molar-refractivity contribution is -0.110. The largest absolute Gasteiger partial charge is 0.505 e. The lowest BCUT2D eigenvalue weighted by Gasteiger charge is -2.16. The molecule has 0 aromatic heterocycles. The number of carbonyl (C=O) groups excluding carboxylic acids is 1. The summed E-state index contributed by atoms with van der Waals surface area (Å²) in [6.07, 6.45) is 1.68. The SMILES string of the molecule is O=C1Nc2ccc(C3=NNC(=S)NC3)cc2C1=Cc1cc(Cl)c(O)c(Cl)c1. The first-order valence-electron chi connectivity index (χ1n) is 7.88. The average Bonchev–Trinajstić information content (AvgIpc) is 2.95. The molecule has 27 heavy (non-hydrogen) atoms. The summed E-state index contributed by atoms with van der Waals surface area (Å²) < 4.78 is 0. The molecule has 0 unspecified atom stereocenters. The van der Waals surface area contributed by atoms with Gasteiger partial charge in [-0.2, -0.15) is 5.10 Å². The van der Waals surface area contributed by atoms with Crippen molar-refractivity contribution in [3.63, 3.8) is 0 Å². The predicted octanol–water partition coefficient (Wildman–Crippen LogP) is 3.37. The van der Waals surface area contributed by atoms with Gasteiger partial charge in [0.15, 0.2) is 10.9 Å². The van der Waals surface area contributed by atoms with Crippen molar-refractivity contribution in [3.05, 3.63) is 57.1 Å². The molecule has 0 fully saturated rings. The van der Waals surface area contributed by atoms with Gasteiger partial charge in [0, 0.05) is 22.4 Å². The number of benzene rings is 2. The summed E-state index contributed by atoms with van der Waals surface area (Å²) in [6.45, 7) is 0.494. The van der Waals surface area contributed by atoms with Gasteiger partial charge < -0.3 is 15.7 Å². The van der Waals surface area contributed by atoms with Crippen molar-refractivity contribution in [2.45, 2.75) is 0 Å². The maximum absolute atomic E-state index is 12.4. The molecule has 0 aliphatic carbocycles. The fraction of sp³-hybridized carbons (Fsp3) is 0.0556. The fourth-order valence-corrected chi connectivity index (χ4v) is 3.50. The monoisotopic (exact) mass is 418 g/mol. The molecule has 2 aliphatic rings. The summed E-state index contributed by atoms with van der Waals surface area (Å²) in [6, 6.07) is 8.69. The number of phenolic OH excluding ortho intramolecular Hbond substituents is 1. The van der Waals surface area contributed by atoms with Crippen LogP contribution in [0.25, 0.3) is 11.6 Å². The predicted molar refractivity (Wildman–Crippen MR) is 111 cm³/mol. The number of phenols is 1. The highest BCUT2D eigenvalue weighted by atomic mass is 35.5. The molecule has 6 nitrogen and oxygen atoms in total. The molecule has 0 bridgehead atoms. The van der Waals surface area contributed by atoms with E-state index in [1.54, 1.807) is 18.2 Å². The summed E-state index contributed by atoms with van der Waals surface area (Å²) in [5.41, 5.74) is 6.90. The number of hydrogen-bond donors (Lipinski definition) is 4. The van der Waals surface area contributed by atoms with Gasteiger partial charge in [-0.15, -0.1) is 0 Å². The Kier molecular flexibility index (Phi) is 4.51. The number of halogens is 2. The first kappa shape index (κ1) is 17.8. The molecule has 0 radical (unpaired) electrons. The minimum atomic E-state index is -0.231. The Labute approximate surface area is 169 Å². The number of hydrogen-bond acceptors (Lipinski definition) is 4. The van der Waals surface area contributed by atoms with Gasteiger partial charge in [0.1, 0.15) is 0 Å². The van der Waals surface area contributed by atoms with Crippen molar-refractivity contribution in [2.75, 3.05) is 11.9 Å². The van der Waals surface area contributed by atoms with Crippen molar-refractivity contribution in [2.24, 2.45) is 5.10 Å². The van der Waals surface area contributed by atoms with E-state index in [4.69, 9.17) is 35.4 Å². The molecule has 136 valence electrons. The smallest absolute Gasteiger partial charge is 0.256 e. The van der Waals surface area contributed by atoms with E-state index in [9.17, 15) is 9.90 Å². The van der Waals surface area contributed by atoms with E-state index >= 15 is 0 Å². The molecule has 2 aliphatic heterocycles. The van der Waals surface area contributed by atoms with Crippen molar-refractivity contribution in [1.29, 1.82) is 0 Å². The Morgan fingerprint density at radius 2 is 1.93 bits per heavy atom. The van der Waals surface area contributed by atoms with Crippen LogP contribution < -0.4 is 16.1 Å². The molecule has 0 saturated carbocycles. The molecular weight excluding hydrogens is 407 g/mol. The highest BCUT2D eigenvalue weighted by Gasteiger charge is 2.25. The molecule has 4 rings (SSSR count). The third-order valence-corrected chi connectivity index (χ3v) is 5.01.